The summed E-state index contributed by atoms with van der Waals surface area (Å²) in [6, 6.07) is 11.1. The lowest BCUT2D eigenvalue weighted by molar-refractivity contribution is 0.816. The Kier molecular flexibility index (Phi) is 4.22. The van der Waals surface area contributed by atoms with Crippen LogP contribution in [0, 0.1) is 6.07 Å². The van der Waals surface area contributed by atoms with Crippen LogP contribution in [0.3, 0.4) is 0 Å². The van der Waals surface area contributed by atoms with Crippen molar-refractivity contribution in [3.8, 4) is 0 Å². The van der Waals surface area contributed by atoms with E-state index in [0.29, 0.717) is 0 Å². The highest BCUT2D eigenvalue weighted by atomic mass is 13.9. The molecule has 1 aromatic carbocycles. The zero-order valence-electron chi connectivity index (χ0n) is 7.59. The van der Waals surface area contributed by atoms with E-state index in [9.17, 15) is 0 Å². The van der Waals surface area contributed by atoms with Gasteiger partial charge in [0, 0.05) is 0 Å². The second kappa shape index (κ2) is 5.59. The van der Waals surface area contributed by atoms with E-state index in [1.165, 1.54) is 24.8 Å². The predicted octanol–water partition coefficient (Wildman–Crippen LogP) is 3.69. The normalized spacial score (nSPS) is 10.8. The van der Waals surface area contributed by atoms with Crippen LogP contribution in [0.2, 0.25) is 0 Å². The molecule has 0 atom stereocenters. The molecule has 0 aliphatic carbocycles. The SMILES string of the molecule is CCCC/C=C/c1c[c]ccc1. The van der Waals surface area contributed by atoms with Crippen LogP contribution in [0.1, 0.15) is 31.7 Å². The van der Waals surface area contributed by atoms with E-state index in [0.717, 1.165) is 0 Å². The Morgan fingerprint density at radius 1 is 1.50 bits per heavy atom. The minimum Gasteiger partial charge on any atom is -0.0839 e. The lowest BCUT2D eigenvalue weighted by Gasteiger charge is -1.90. The van der Waals surface area contributed by atoms with Crippen molar-refractivity contribution in [1.29, 1.82) is 0 Å². The molecule has 0 aromatic heterocycles. The van der Waals surface area contributed by atoms with Gasteiger partial charge < -0.3 is 0 Å². The third-order valence-electron chi connectivity index (χ3n) is 1.77. The van der Waals surface area contributed by atoms with Gasteiger partial charge in [-0.25, -0.2) is 0 Å². The molecule has 0 bridgehead atoms. The van der Waals surface area contributed by atoms with Gasteiger partial charge in [0.05, 0.1) is 0 Å². The van der Waals surface area contributed by atoms with Crippen molar-refractivity contribution in [2.24, 2.45) is 0 Å². The van der Waals surface area contributed by atoms with Gasteiger partial charge in [0.15, 0.2) is 0 Å². The van der Waals surface area contributed by atoms with Gasteiger partial charge in [0.25, 0.3) is 0 Å². The fourth-order valence-corrected chi connectivity index (χ4v) is 1.05. The van der Waals surface area contributed by atoms with Crippen molar-refractivity contribution in [2.45, 2.75) is 26.2 Å². The molecule has 1 rings (SSSR count). The van der Waals surface area contributed by atoms with E-state index in [1.54, 1.807) is 0 Å². The Labute approximate surface area is 74.9 Å². The first kappa shape index (κ1) is 9.05. The van der Waals surface area contributed by atoms with Gasteiger partial charge in [-0.3, -0.25) is 0 Å². The van der Waals surface area contributed by atoms with E-state index < -0.39 is 0 Å². The zero-order chi connectivity index (χ0) is 8.65. The van der Waals surface area contributed by atoms with Crippen LogP contribution in [0.5, 0.6) is 0 Å². The fraction of sp³-hybridized carbons (Fsp3) is 0.333. The molecule has 0 saturated heterocycles. The Bertz CT molecular complexity index is 221. The van der Waals surface area contributed by atoms with Crippen molar-refractivity contribution in [3.05, 3.63) is 42.0 Å². The standard InChI is InChI=1S/C12H15/c1-2-3-4-6-9-12-10-7-5-8-11-12/h5-7,9-11H,2-4H2,1H3/b9-6+. The number of rotatable bonds is 4. The molecule has 0 aliphatic heterocycles. The summed E-state index contributed by atoms with van der Waals surface area (Å²) in [7, 11) is 0. The van der Waals surface area contributed by atoms with E-state index in [4.69, 9.17) is 0 Å². The van der Waals surface area contributed by atoms with Gasteiger partial charge in [-0.2, -0.15) is 0 Å². The van der Waals surface area contributed by atoms with Gasteiger partial charge in [-0.1, -0.05) is 50.1 Å². The summed E-state index contributed by atoms with van der Waals surface area (Å²) in [4.78, 5) is 0. The minimum atomic E-state index is 1.19. The molecule has 1 radical (unpaired) electrons. The summed E-state index contributed by atoms with van der Waals surface area (Å²) in [5.74, 6) is 0. The molecule has 1 aromatic rings. The molecule has 12 heavy (non-hydrogen) atoms. The number of allylic oxidation sites excluding steroid dienone is 1. The first-order valence-corrected chi connectivity index (χ1v) is 4.56. The predicted molar refractivity (Wildman–Crippen MR) is 53.8 cm³/mol. The average molecular weight is 159 g/mol. The molecule has 0 N–H and O–H groups in total. The lowest BCUT2D eigenvalue weighted by Crippen LogP contribution is -1.70. The molecule has 0 nitrogen and oxygen atoms in total. The van der Waals surface area contributed by atoms with E-state index >= 15 is 0 Å². The first-order chi connectivity index (χ1) is 5.93. The van der Waals surface area contributed by atoms with Crippen LogP contribution in [-0.4, -0.2) is 0 Å². The lowest BCUT2D eigenvalue weighted by atomic mass is 10.2. The average Bonchev–Trinajstić information content (AvgIpc) is 2.14. The Morgan fingerprint density at radius 2 is 2.42 bits per heavy atom. The molecule has 0 unspecified atom stereocenters. The van der Waals surface area contributed by atoms with Crippen molar-refractivity contribution >= 4 is 6.08 Å². The summed E-state index contributed by atoms with van der Waals surface area (Å²) >= 11 is 0. The highest BCUT2D eigenvalue weighted by Crippen LogP contribution is 2.03. The maximum atomic E-state index is 3.05. The molecule has 0 aliphatic rings. The van der Waals surface area contributed by atoms with Crippen LogP contribution in [0.25, 0.3) is 6.08 Å². The Balaban J connectivity index is 2.36. The highest BCUT2D eigenvalue weighted by molar-refractivity contribution is 5.48. The summed E-state index contributed by atoms with van der Waals surface area (Å²) in [5.41, 5.74) is 1.24. The molecule has 0 saturated carbocycles. The summed E-state index contributed by atoms with van der Waals surface area (Å²) < 4.78 is 0. The second-order valence-electron chi connectivity index (χ2n) is 2.88. The molecule has 0 amide bonds. The summed E-state index contributed by atoms with van der Waals surface area (Å²) in [6.45, 7) is 2.21. The zero-order valence-corrected chi connectivity index (χ0v) is 7.59. The smallest absolute Gasteiger partial charge is 0.0178 e. The number of unbranched alkanes of at least 4 members (excludes halogenated alkanes) is 2. The third-order valence-corrected chi connectivity index (χ3v) is 1.77. The van der Waals surface area contributed by atoms with E-state index in [2.05, 4.69) is 31.2 Å². The second-order valence-corrected chi connectivity index (χ2v) is 2.88. The molecule has 0 heterocycles. The van der Waals surface area contributed by atoms with E-state index in [-0.39, 0.29) is 0 Å². The Hall–Kier alpha value is -1.04. The molecular weight excluding hydrogens is 144 g/mol. The van der Waals surface area contributed by atoms with Crippen LogP contribution in [0.15, 0.2) is 30.3 Å². The van der Waals surface area contributed by atoms with Crippen molar-refractivity contribution in [2.75, 3.05) is 0 Å². The minimum absolute atomic E-state index is 1.19. The maximum absolute atomic E-state index is 3.05. The largest absolute Gasteiger partial charge is 0.0839 e. The van der Waals surface area contributed by atoms with E-state index in [1.807, 2.05) is 18.2 Å². The number of hydrogen-bond acceptors (Lipinski definition) is 0. The van der Waals surface area contributed by atoms with Crippen molar-refractivity contribution < 1.29 is 0 Å². The van der Waals surface area contributed by atoms with Gasteiger partial charge in [-0.05, 0) is 24.1 Å². The first-order valence-electron chi connectivity index (χ1n) is 4.56. The van der Waals surface area contributed by atoms with Crippen LogP contribution < -0.4 is 0 Å². The van der Waals surface area contributed by atoms with Gasteiger partial charge in [0.2, 0.25) is 0 Å². The Morgan fingerprint density at radius 3 is 3.08 bits per heavy atom. The topological polar surface area (TPSA) is 0 Å². The third kappa shape index (κ3) is 3.38. The molecule has 63 valence electrons. The van der Waals surface area contributed by atoms with Crippen LogP contribution >= 0.6 is 0 Å². The number of hydrogen-bond donors (Lipinski definition) is 0. The van der Waals surface area contributed by atoms with Gasteiger partial charge in [0.1, 0.15) is 0 Å². The molecule has 0 fully saturated rings. The van der Waals surface area contributed by atoms with Crippen molar-refractivity contribution in [1.82, 2.24) is 0 Å². The van der Waals surface area contributed by atoms with Crippen LogP contribution in [-0.2, 0) is 0 Å². The molecule has 0 spiro atoms. The number of benzene rings is 1. The highest BCUT2D eigenvalue weighted by Gasteiger charge is 1.82. The summed E-state index contributed by atoms with van der Waals surface area (Å²) in [6.07, 6.45) is 8.13. The van der Waals surface area contributed by atoms with Crippen molar-refractivity contribution in [3.63, 3.8) is 0 Å². The molecular formula is C12H15. The van der Waals surface area contributed by atoms with Gasteiger partial charge in [-0.15, -0.1) is 0 Å². The molecule has 0 heteroatoms. The monoisotopic (exact) mass is 159 g/mol. The van der Waals surface area contributed by atoms with Crippen LogP contribution in [0.4, 0.5) is 0 Å². The van der Waals surface area contributed by atoms with Gasteiger partial charge >= 0.3 is 0 Å². The quantitative estimate of drug-likeness (QED) is 0.588. The fourth-order valence-electron chi connectivity index (χ4n) is 1.05. The maximum Gasteiger partial charge on any atom is -0.0178 e. The summed E-state index contributed by atoms with van der Waals surface area (Å²) in [5, 5.41) is 0.